The van der Waals surface area contributed by atoms with Gasteiger partial charge in [0.05, 0.1) is 24.7 Å². The maximum Gasteiger partial charge on any atom is 0.251 e. The number of amides is 1. The zero-order valence-electron chi connectivity index (χ0n) is 10.9. The SMILES string of the molecule is CS(=O)(=O)c1ccc(C(=O)NC(CO)(CO)CO)cc1. The molecule has 0 fully saturated rings. The van der Waals surface area contributed by atoms with Gasteiger partial charge >= 0.3 is 0 Å². The van der Waals surface area contributed by atoms with Gasteiger partial charge in [0, 0.05) is 11.8 Å². The highest BCUT2D eigenvalue weighted by atomic mass is 32.2. The van der Waals surface area contributed by atoms with Crippen molar-refractivity contribution in [1.29, 1.82) is 0 Å². The molecule has 7 nitrogen and oxygen atoms in total. The van der Waals surface area contributed by atoms with Gasteiger partial charge in [-0.15, -0.1) is 0 Å². The molecule has 1 aromatic carbocycles. The molecule has 112 valence electrons. The number of hydrogen-bond donors (Lipinski definition) is 4. The second-order valence-electron chi connectivity index (χ2n) is 4.51. The van der Waals surface area contributed by atoms with Crippen LogP contribution in [0.4, 0.5) is 0 Å². The first-order valence-electron chi connectivity index (χ1n) is 5.73. The second kappa shape index (κ2) is 6.31. The molecule has 0 bridgehead atoms. The summed E-state index contributed by atoms with van der Waals surface area (Å²) in [5.74, 6) is -0.637. The van der Waals surface area contributed by atoms with Crippen molar-refractivity contribution in [3.8, 4) is 0 Å². The van der Waals surface area contributed by atoms with Gasteiger partial charge in [-0.25, -0.2) is 8.42 Å². The van der Waals surface area contributed by atoms with E-state index in [2.05, 4.69) is 5.32 Å². The van der Waals surface area contributed by atoms with Crippen LogP contribution in [0.25, 0.3) is 0 Å². The number of aliphatic hydroxyl groups excluding tert-OH is 3. The molecule has 0 unspecified atom stereocenters. The third-order valence-electron chi connectivity index (χ3n) is 2.83. The molecule has 0 radical (unpaired) electrons. The van der Waals surface area contributed by atoms with Crippen molar-refractivity contribution in [3.05, 3.63) is 29.8 Å². The highest BCUT2D eigenvalue weighted by molar-refractivity contribution is 7.90. The molecule has 0 heterocycles. The maximum absolute atomic E-state index is 11.9. The lowest BCUT2D eigenvalue weighted by Crippen LogP contribution is -2.57. The number of carbonyl (C=O) groups is 1. The van der Waals surface area contributed by atoms with E-state index < -0.39 is 41.1 Å². The summed E-state index contributed by atoms with van der Waals surface area (Å²) in [4.78, 5) is 12.0. The van der Waals surface area contributed by atoms with Gasteiger partial charge in [-0.2, -0.15) is 0 Å². The second-order valence-corrected chi connectivity index (χ2v) is 6.52. The van der Waals surface area contributed by atoms with Crippen LogP contribution in [0.5, 0.6) is 0 Å². The Labute approximate surface area is 116 Å². The quantitative estimate of drug-likeness (QED) is 0.509. The normalized spacial score (nSPS) is 12.2. The van der Waals surface area contributed by atoms with Gasteiger partial charge < -0.3 is 20.6 Å². The van der Waals surface area contributed by atoms with Crippen LogP contribution in [0, 0.1) is 0 Å². The standard InChI is InChI=1S/C12H17NO6S/c1-20(18,19)10-4-2-9(3-5-10)11(17)13-12(6-14,7-15)8-16/h2-5,14-16H,6-8H2,1H3,(H,13,17). The monoisotopic (exact) mass is 303 g/mol. The van der Waals surface area contributed by atoms with E-state index in [-0.39, 0.29) is 10.5 Å². The summed E-state index contributed by atoms with van der Waals surface area (Å²) in [6.45, 7) is -1.90. The lowest BCUT2D eigenvalue weighted by molar-refractivity contribution is 0.0375. The minimum atomic E-state index is -3.35. The number of carbonyl (C=O) groups excluding carboxylic acids is 1. The zero-order chi connectivity index (χ0) is 15.4. The van der Waals surface area contributed by atoms with Crippen molar-refractivity contribution >= 4 is 15.7 Å². The molecule has 0 aliphatic heterocycles. The lowest BCUT2D eigenvalue weighted by atomic mass is 10.0. The van der Waals surface area contributed by atoms with E-state index in [1.54, 1.807) is 0 Å². The molecule has 0 atom stereocenters. The van der Waals surface area contributed by atoms with Crippen molar-refractivity contribution in [3.63, 3.8) is 0 Å². The molecule has 0 aliphatic carbocycles. The zero-order valence-corrected chi connectivity index (χ0v) is 11.7. The minimum Gasteiger partial charge on any atom is -0.394 e. The Kier molecular flexibility index (Phi) is 5.23. The third kappa shape index (κ3) is 3.76. The Hall–Kier alpha value is -1.48. The van der Waals surface area contributed by atoms with Gasteiger partial charge in [-0.05, 0) is 24.3 Å². The molecular formula is C12H17NO6S. The summed E-state index contributed by atoms with van der Waals surface area (Å²) in [6, 6.07) is 5.18. The third-order valence-corrected chi connectivity index (χ3v) is 3.96. The highest BCUT2D eigenvalue weighted by Crippen LogP contribution is 2.11. The van der Waals surface area contributed by atoms with Crippen LogP contribution >= 0.6 is 0 Å². The van der Waals surface area contributed by atoms with Gasteiger partial charge in [0.2, 0.25) is 0 Å². The molecule has 20 heavy (non-hydrogen) atoms. The average molecular weight is 303 g/mol. The Morgan fingerprint density at radius 2 is 1.55 bits per heavy atom. The van der Waals surface area contributed by atoms with Crippen LogP contribution in [0.1, 0.15) is 10.4 Å². The molecule has 0 saturated heterocycles. The first-order chi connectivity index (χ1) is 9.28. The Bertz CT molecular complexity index is 554. The summed E-state index contributed by atoms with van der Waals surface area (Å²) in [5, 5.41) is 29.6. The van der Waals surface area contributed by atoms with Crippen LogP contribution in [-0.2, 0) is 9.84 Å². The number of benzene rings is 1. The van der Waals surface area contributed by atoms with Crippen LogP contribution in [-0.4, -0.2) is 61.3 Å². The molecule has 0 aromatic heterocycles. The number of sulfone groups is 1. The summed E-state index contributed by atoms with van der Waals surface area (Å²) < 4.78 is 22.6. The largest absolute Gasteiger partial charge is 0.394 e. The van der Waals surface area contributed by atoms with Gasteiger partial charge in [0.25, 0.3) is 5.91 Å². The Morgan fingerprint density at radius 3 is 1.90 bits per heavy atom. The van der Waals surface area contributed by atoms with Crippen LogP contribution in [0.15, 0.2) is 29.2 Å². The van der Waals surface area contributed by atoms with E-state index >= 15 is 0 Å². The van der Waals surface area contributed by atoms with Gasteiger partial charge in [-0.1, -0.05) is 0 Å². The molecule has 4 N–H and O–H groups in total. The molecular weight excluding hydrogens is 286 g/mol. The number of aliphatic hydroxyl groups is 3. The topological polar surface area (TPSA) is 124 Å². The molecule has 0 spiro atoms. The number of nitrogens with one attached hydrogen (secondary N) is 1. The first-order valence-corrected chi connectivity index (χ1v) is 7.62. The predicted molar refractivity (Wildman–Crippen MR) is 71.0 cm³/mol. The fraction of sp³-hybridized carbons (Fsp3) is 0.417. The van der Waals surface area contributed by atoms with Crippen molar-refractivity contribution in [1.82, 2.24) is 5.32 Å². The van der Waals surface area contributed by atoms with Gasteiger partial charge in [0.15, 0.2) is 9.84 Å². The van der Waals surface area contributed by atoms with Crippen LogP contribution in [0.2, 0.25) is 0 Å². The smallest absolute Gasteiger partial charge is 0.251 e. The van der Waals surface area contributed by atoms with Crippen LogP contribution < -0.4 is 5.32 Å². The van der Waals surface area contributed by atoms with Crippen molar-refractivity contribution in [2.45, 2.75) is 10.4 Å². The predicted octanol–water partition coefficient (Wildman–Crippen LogP) is -1.46. The van der Waals surface area contributed by atoms with E-state index in [0.29, 0.717) is 0 Å². The van der Waals surface area contributed by atoms with Crippen molar-refractivity contribution in [2.24, 2.45) is 0 Å². The van der Waals surface area contributed by atoms with Crippen molar-refractivity contribution in [2.75, 3.05) is 26.1 Å². The van der Waals surface area contributed by atoms with E-state index in [1.807, 2.05) is 0 Å². The van der Waals surface area contributed by atoms with E-state index in [9.17, 15) is 13.2 Å². The first kappa shape index (κ1) is 16.6. The number of rotatable bonds is 6. The lowest BCUT2D eigenvalue weighted by Gasteiger charge is -2.28. The van der Waals surface area contributed by atoms with E-state index in [0.717, 1.165) is 6.26 Å². The molecule has 1 amide bonds. The van der Waals surface area contributed by atoms with E-state index in [4.69, 9.17) is 15.3 Å². The summed E-state index contributed by atoms with van der Waals surface area (Å²) >= 11 is 0. The minimum absolute atomic E-state index is 0.0757. The fourth-order valence-corrected chi connectivity index (χ4v) is 2.07. The summed E-state index contributed by atoms with van der Waals surface area (Å²) in [6.07, 6.45) is 1.05. The summed E-state index contributed by atoms with van der Waals surface area (Å²) in [5.41, 5.74) is -1.37. The van der Waals surface area contributed by atoms with Gasteiger partial charge in [-0.3, -0.25) is 4.79 Å². The van der Waals surface area contributed by atoms with Crippen molar-refractivity contribution < 1.29 is 28.5 Å². The average Bonchev–Trinajstić information content (AvgIpc) is 2.44. The fourth-order valence-electron chi connectivity index (χ4n) is 1.44. The molecule has 0 saturated carbocycles. The number of hydrogen-bond acceptors (Lipinski definition) is 6. The molecule has 1 rings (SSSR count). The van der Waals surface area contributed by atoms with Crippen LogP contribution in [0.3, 0.4) is 0 Å². The Morgan fingerprint density at radius 1 is 1.10 bits per heavy atom. The molecule has 8 heteroatoms. The molecule has 1 aromatic rings. The highest BCUT2D eigenvalue weighted by Gasteiger charge is 2.30. The summed E-state index contributed by atoms with van der Waals surface area (Å²) in [7, 11) is -3.35. The Balaban J connectivity index is 2.94. The maximum atomic E-state index is 11.9. The molecule has 0 aliphatic rings. The van der Waals surface area contributed by atoms with Gasteiger partial charge in [0.1, 0.15) is 5.54 Å². The van der Waals surface area contributed by atoms with E-state index in [1.165, 1.54) is 24.3 Å².